The molecule has 3 nitrogen and oxygen atoms in total. The van der Waals surface area contributed by atoms with E-state index in [4.69, 9.17) is 9.52 Å². The summed E-state index contributed by atoms with van der Waals surface area (Å²) in [5, 5.41) is 12.4. The number of furan rings is 1. The van der Waals surface area contributed by atoms with Gasteiger partial charge in [0.25, 0.3) is 0 Å². The fourth-order valence-corrected chi connectivity index (χ4v) is 1.91. The Labute approximate surface area is 77.8 Å². The zero-order valence-corrected chi connectivity index (χ0v) is 7.79. The third-order valence-corrected chi connectivity index (χ3v) is 2.70. The van der Waals surface area contributed by atoms with E-state index in [-0.39, 0.29) is 6.61 Å². The minimum Gasteiger partial charge on any atom is -0.466 e. The molecule has 2 N–H and O–H groups in total. The van der Waals surface area contributed by atoms with Gasteiger partial charge in [-0.15, -0.1) is 0 Å². The first kappa shape index (κ1) is 8.78. The smallest absolute Gasteiger partial charge is 0.108 e. The van der Waals surface area contributed by atoms with Gasteiger partial charge in [0.1, 0.15) is 11.5 Å². The number of nitrogens with one attached hydrogen (secondary N) is 1. The van der Waals surface area contributed by atoms with Crippen molar-refractivity contribution >= 4 is 0 Å². The molecule has 2 rings (SSSR count). The summed E-state index contributed by atoms with van der Waals surface area (Å²) < 4.78 is 5.55. The third-order valence-electron chi connectivity index (χ3n) is 2.70. The Hall–Kier alpha value is -0.800. The van der Waals surface area contributed by atoms with Gasteiger partial charge in [-0.25, -0.2) is 0 Å². The lowest BCUT2D eigenvalue weighted by molar-refractivity contribution is 0.218. The number of rotatable bonds is 2. The molecule has 0 bridgehead atoms. The zero-order chi connectivity index (χ0) is 9.26. The van der Waals surface area contributed by atoms with Crippen LogP contribution in [-0.2, 0) is 0 Å². The second-order valence-corrected chi connectivity index (χ2v) is 3.66. The standard InChI is InChI=1S/C10H15NO2/c1-7-2-3-10(13-7)9-5-11-4-8(9)6-12/h2-3,8-9,11-12H,4-6H2,1H3. The summed E-state index contributed by atoms with van der Waals surface area (Å²) in [6.07, 6.45) is 0. The summed E-state index contributed by atoms with van der Waals surface area (Å²) in [6.45, 7) is 3.98. The van der Waals surface area contributed by atoms with Crippen LogP contribution in [-0.4, -0.2) is 24.8 Å². The van der Waals surface area contributed by atoms with Crippen molar-refractivity contribution in [3.05, 3.63) is 23.7 Å². The molecule has 0 spiro atoms. The molecule has 72 valence electrons. The number of hydrogen-bond acceptors (Lipinski definition) is 3. The van der Waals surface area contributed by atoms with Crippen LogP contribution in [0.25, 0.3) is 0 Å². The van der Waals surface area contributed by atoms with Crippen molar-refractivity contribution in [2.24, 2.45) is 5.92 Å². The molecule has 1 aromatic heterocycles. The summed E-state index contributed by atoms with van der Waals surface area (Å²) in [5.74, 6) is 2.60. The third kappa shape index (κ3) is 1.62. The van der Waals surface area contributed by atoms with Crippen molar-refractivity contribution in [3.8, 4) is 0 Å². The molecule has 2 atom stereocenters. The Morgan fingerprint density at radius 3 is 3.00 bits per heavy atom. The molecule has 2 unspecified atom stereocenters. The van der Waals surface area contributed by atoms with Gasteiger partial charge in [-0.1, -0.05) is 0 Å². The van der Waals surface area contributed by atoms with Gasteiger partial charge in [0.05, 0.1) is 0 Å². The Morgan fingerprint density at radius 2 is 2.38 bits per heavy atom. The highest BCUT2D eigenvalue weighted by molar-refractivity contribution is 5.13. The molecule has 0 radical (unpaired) electrons. The maximum atomic E-state index is 9.12. The van der Waals surface area contributed by atoms with E-state index in [0.717, 1.165) is 24.6 Å². The van der Waals surface area contributed by atoms with Gasteiger partial charge >= 0.3 is 0 Å². The van der Waals surface area contributed by atoms with Crippen LogP contribution in [0.15, 0.2) is 16.5 Å². The molecule has 0 aromatic carbocycles. The van der Waals surface area contributed by atoms with E-state index in [0.29, 0.717) is 11.8 Å². The van der Waals surface area contributed by atoms with Crippen LogP contribution in [0.2, 0.25) is 0 Å². The highest BCUT2D eigenvalue weighted by atomic mass is 16.3. The van der Waals surface area contributed by atoms with E-state index in [1.807, 2.05) is 19.1 Å². The van der Waals surface area contributed by atoms with Gasteiger partial charge < -0.3 is 14.8 Å². The molecule has 1 aromatic rings. The highest BCUT2D eigenvalue weighted by Crippen LogP contribution is 2.28. The van der Waals surface area contributed by atoms with Gasteiger partial charge in [0, 0.05) is 31.5 Å². The number of hydrogen-bond donors (Lipinski definition) is 2. The molecule has 3 heteroatoms. The van der Waals surface area contributed by atoms with Crippen LogP contribution in [0.5, 0.6) is 0 Å². The molecular formula is C10H15NO2. The molecule has 1 fully saturated rings. The second-order valence-electron chi connectivity index (χ2n) is 3.66. The zero-order valence-electron chi connectivity index (χ0n) is 7.79. The molecule has 1 aliphatic rings. The predicted molar refractivity (Wildman–Crippen MR) is 49.6 cm³/mol. The van der Waals surface area contributed by atoms with Crippen LogP contribution in [0.4, 0.5) is 0 Å². The van der Waals surface area contributed by atoms with E-state index in [2.05, 4.69) is 5.32 Å². The Morgan fingerprint density at radius 1 is 1.54 bits per heavy atom. The minimum absolute atomic E-state index is 0.234. The van der Waals surface area contributed by atoms with Crippen molar-refractivity contribution < 1.29 is 9.52 Å². The van der Waals surface area contributed by atoms with Crippen molar-refractivity contribution in [3.63, 3.8) is 0 Å². The van der Waals surface area contributed by atoms with E-state index >= 15 is 0 Å². The van der Waals surface area contributed by atoms with Gasteiger partial charge in [-0.2, -0.15) is 0 Å². The van der Waals surface area contributed by atoms with Crippen LogP contribution < -0.4 is 5.32 Å². The number of aliphatic hydroxyl groups is 1. The molecule has 1 saturated heterocycles. The van der Waals surface area contributed by atoms with Crippen molar-refractivity contribution in [2.45, 2.75) is 12.8 Å². The summed E-state index contributed by atoms with van der Waals surface area (Å²) in [6, 6.07) is 3.98. The first-order chi connectivity index (χ1) is 6.31. The van der Waals surface area contributed by atoms with Gasteiger partial charge in [-0.3, -0.25) is 0 Å². The Kier molecular flexibility index (Phi) is 2.38. The fourth-order valence-electron chi connectivity index (χ4n) is 1.91. The monoisotopic (exact) mass is 181 g/mol. The molecule has 13 heavy (non-hydrogen) atoms. The predicted octanol–water partition coefficient (Wildman–Crippen LogP) is 0.883. The second kappa shape index (κ2) is 3.52. The van der Waals surface area contributed by atoms with Crippen LogP contribution in [0, 0.1) is 12.8 Å². The Bertz CT molecular complexity index is 282. The molecule has 0 saturated carbocycles. The molecular weight excluding hydrogens is 166 g/mol. The summed E-state index contributed by atoms with van der Waals surface area (Å²) in [7, 11) is 0. The largest absolute Gasteiger partial charge is 0.466 e. The van der Waals surface area contributed by atoms with E-state index in [9.17, 15) is 0 Å². The van der Waals surface area contributed by atoms with Crippen LogP contribution in [0.1, 0.15) is 17.4 Å². The van der Waals surface area contributed by atoms with Gasteiger partial charge in [-0.05, 0) is 19.1 Å². The lowest BCUT2D eigenvalue weighted by atomic mass is 9.95. The number of aliphatic hydroxyl groups excluding tert-OH is 1. The maximum Gasteiger partial charge on any atom is 0.108 e. The average molecular weight is 181 g/mol. The Balaban J connectivity index is 2.15. The average Bonchev–Trinajstić information content (AvgIpc) is 2.71. The quantitative estimate of drug-likeness (QED) is 0.712. The van der Waals surface area contributed by atoms with Gasteiger partial charge in [0.15, 0.2) is 0 Å². The van der Waals surface area contributed by atoms with Crippen molar-refractivity contribution in [1.29, 1.82) is 0 Å². The SMILES string of the molecule is Cc1ccc(C2CNCC2CO)o1. The summed E-state index contributed by atoms with van der Waals surface area (Å²) >= 11 is 0. The van der Waals surface area contributed by atoms with Crippen LogP contribution >= 0.6 is 0 Å². The molecule has 0 aliphatic carbocycles. The minimum atomic E-state index is 0.234. The van der Waals surface area contributed by atoms with Crippen molar-refractivity contribution in [2.75, 3.05) is 19.7 Å². The van der Waals surface area contributed by atoms with E-state index in [1.165, 1.54) is 0 Å². The summed E-state index contributed by atoms with van der Waals surface area (Å²) in [4.78, 5) is 0. The topological polar surface area (TPSA) is 45.4 Å². The fraction of sp³-hybridized carbons (Fsp3) is 0.600. The molecule has 2 heterocycles. The molecule has 0 amide bonds. The molecule has 1 aliphatic heterocycles. The maximum absolute atomic E-state index is 9.12. The highest BCUT2D eigenvalue weighted by Gasteiger charge is 2.29. The lowest BCUT2D eigenvalue weighted by Crippen LogP contribution is -2.14. The van der Waals surface area contributed by atoms with Crippen LogP contribution in [0.3, 0.4) is 0 Å². The van der Waals surface area contributed by atoms with E-state index < -0.39 is 0 Å². The number of aryl methyl sites for hydroxylation is 1. The lowest BCUT2D eigenvalue weighted by Gasteiger charge is -2.12. The van der Waals surface area contributed by atoms with Gasteiger partial charge in [0.2, 0.25) is 0 Å². The first-order valence-electron chi connectivity index (χ1n) is 4.69. The first-order valence-corrected chi connectivity index (χ1v) is 4.69. The normalized spacial score (nSPS) is 28.2. The summed E-state index contributed by atoms with van der Waals surface area (Å²) in [5.41, 5.74) is 0. The van der Waals surface area contributed by atoms with Crippen molar-refractivity contribution in [1.82, 2.24) is 5.32 Å². The van der Waals surface area contributed by atoms with E-state index in [1.54, 1.807) is 0 Å².